The largest absolute Gasteiger partial charge is 0.490 e. The van der Waals surface area contributed by atoms with Gasteiger partial charge in [-0.3, -0.25) is 0 Å². The minimum atomic E-state index is 0.0970. The standard InChI is InChI=1S/C17H20BrNO2/c1-2-17(19)13-3-7-15(8-4-13)20-11-12-21-16-9-5-14(18)6-10-16/h3-10,17H,2,11-12,19H2,1H3. The first kappa shape index (κ1) is 15.9. The van der Waals surface area contributed by atoms with Crippen molar-refractivity contribution in [1.82, 2.24) is 0 Å². The summed E-state index contributed by atoms with van der Waals surface area (Å²) in [4.78, 5) is 0. The quantitative estimate of drug-likeness (QED) is 0.757. The molecule has 0 bridgehead atoms. The summed E-state index contributed by atoms with van der Waals surface area (Å²) >= 11 is 3.39. The molecule has 0 spiro atoms. The van der Waals surface area contributed by atoms with Gasteiger partial charge < -0.3 is 15.2 Å². The molecule has 112 valence electrons. The first-order valence-corrected chi connectivity index (χ1v) is 7.85. The van der Waals surface area contributed by atoms with Gasteiger partial charge in [-0.25, -0.2) is 0 Å². The van der Waals surface area contributed by atoms with Crippen molar-refractivity contribution in [2.24, 2.45) is 5.73 Å². The number of hydrogen-bond donors (Lipinski definition) is 1. The Morgan fingerprint density at radius 1 is 0.905 bits per heavy atom. The Balaban J connectivity index is 1.74. The monoisotopic (exact) mass is 349 g/mol. The third kappa shape index (κ3) is 5.06. The number of hydrogen-bond acceptors (Lipinski definition) is 3. The van der Waals surface area contributed by atoms with Crippen molar-refractivity contribution in [2.45, 2.75) is 19.4 Å². The van der Waals surface area contributed by atoms with Crippen molar-refractivity contribution in [2.75, 3.05) is 13.2 Å². The summed E-state index contributed by atoms with van der Waals surface area (Å²) < 4.78 is 12.3. The molecule has 3 nitrogen and oxygen atoms in total. The molecule has 0 aliphatic carbocycles. The number of halogens is 1. The highest BCUT2D eigenvalue weighted by atomic mass is 79.9. The van der Waals surface area contributed by atoms with Crippen LogP contribution in [-0.2, 0) is 0 Å². The Morgan fingerprint density at radius 3 is 1.86 bits per heavy atom. The van der Waals surface area contributed by atoms with Crippen LogP contribution in [0.25, 0.3) is 0 Å². The zero-order chi connectivity index (χ0) is 15.1. The third-order valence-corrected chi connectivity index (χ3v) is 3.71. The number of benzene rings is 2. The van der Waals surface area contributed by atoms with Crippen molar-refractivity contribution in [3.05, 3.63) is 58.6 Å². The lowest BCUT2D eigenvalue weighted by Gasteiger charge is -2.11. The van der Waals surface area contributed by atoms with E-state index in [1.165, 1.54) is 0 Å². The third-order valence-electron chi connectivity index (χ3n) is 3.18. The molecular weight excluding hydrogens is 330 g/mol. The number of rotatable bonds is 7. The van der Waals surface area contributed by atoms with Gasteiger partial charge in [0.05, 0.1) is 0 Å². The first-order valence-electron chi connectivity index (χ1n) is 7.05. The summed E-state index contributed by atoms with van der Waals surface area (Å²) in [6, 6.07) is 15.8. The maximum atomic E-state index is 5.98. The van der Waals surface area contributed by atoms with Crippen LogP contribution < -0.4 is 15.2 Å². The van der Waals surface area contributed by atoms with Gasteiger partial charge in [0, 0.05) is 10.5 Å². The number of nitrogens with two attached hydrogens (primary N) is 1. The molecule has 2 N–H and O–H groups in total. The van der Waals surface area contributed by atoms with Crippen molar-refractivity contribution in [3.63, 3.8) is 0 Å². The van der Waals surface area contributed by atoms with Crippen LogP contribution in [0.4, 0.5) is 0 Å². The van der Waals surface area contributed by atoms with Gasteiger partial charge in [-0.05, 0) is 48.4 Å². The Morgan fingerprint density at radius 2 is 1.38 bits per heavy atom. The predicted octanol–water partition coefficient (Wildman–Crippen LogP) is 4.32. The molecule has 2 aromatic rings. The molecule has 0 saturated carbocycles. The smallest absolute Gasteiger partial charge is 0.122 e. The normalized spacial score (nSPS) is 12.0. The lowest BCUT2D eigenvalue weighted by molar-refractivity contribution is 0.217. The van der Waals surface area contributed by atoms with Gasteiger partial charge in [-0.1, -0.05) is 35.0 Å². The van der Waals surface area contributed by atoms with Gasteiger partial charge >= 0.3 is 0 Å². The lowest BCUT2D eigenvalue weighted by atomic mass is 10.1. The first-order chi connectivity index (χ1) is 10.2. The SMILES string of the molecule is CCC(N)c1ccc(OCCOc2ccc(Br)cc2)cc1. The minimum Gasteiger partial charge on any atom is -0.490 e. The molecule has 1 unspecified atom stereocenters. The van der Waals surface area contributed by atoms with Crippen LogP contribution in [0.1, 0.15) is 24.9 Å². The topological polar surface area (TPSA) is 44.5 Å². The molecule has 1 atom stereocenters. The van der Waals surface area contributed by atoms with E-state index >= 15 is 0 Å². The maximum absolute atomic E-state index is 5.98. The lowest BCUT2D eigenvalue weighted by Crippen LogP contribution is -2.10. The fourth-order valence-corrected chi connectivity index (χ4v) is 2.16. The maximum Gasteiger partial charge on any atom is 0.122 e. The van der Waals surface area contributed by atoms with E-state index in [1.54, 1.807) is 0 Å². The molecular formula is C17H20BrNO2. The fraction of sp³-hybridized carbons (Fsp3) is 0.294. The molecule has 21 heavy (non-hydrogen) atoms. The highest BCUT2D eigenvalue weighted by Gasteiger charge is 2.03. The molecule has 2 rings (SSSR count). The van der Waals surface area contributed by atoms with Gasteiger partial charge in [-0.15, -0.1) is 0 Å². The second kappa shape index (κ2) is 8.05. The van der Waals surface area contributed by atoms with Crippen molar-refractivity contribution in [1.29, 1.82) is 0 Å². The predicted molar refractivity (Wildman–Crippen MR) is 88.8 cm³/mol. The van der Waals surface area contributed by atoms with E-state index in [0.717, 1.165) is 28.0 Å². The van der Waals surface area contributed by atoms with Crippen molar-refractivity contribution < 1.29 is 9.47 Å². The molecule has 0 fully saturated rings. The average molecular weight is 350 g/mol. The van der Waals surface area contributed by atoms with Gasteiger partial charge in [0.2, 0.25) is 0 Å². The summed E-state index contributed by atoms with van der Waals surface area (Å²) in [5.74, 6) is 1.67. The van der Waals surface area contributed by atoms with E-state index in [0.29, 0.717) is 13.2 Å². The van der Waals surface area contributed by atoms with Crippen LogP contribution in [-0.4, -0.2) is 13.2 Å². The average Bonchev–Trinajstić information content (AvgIpc) is 2.53. The number of ether oxygens (including phenoxy) is 2. The Hall–Kier alpha value is -1.52. The van der Waals surface area contributed by atoms with E-state index < -0.39 is 0 Å². The summed E-state index contributed by atoms with van der Waals surface area (Å²) in [5, 5.41) is 0. The summed E-state index contributed by atoms with van der Waals surface area (Å²) in [5.41, 5.74) is 7.11. The van der Waals surface area contributed by atoms with Gasteiger partial charge in [0.25, 0.3) is 0 Å². The zero-order valence-corrected chi connectivity index (χ0v) is 13.7. The van der Waals surface area contributed by atoms with Crippen molar-refractivity contribution >= 4 is 15.9 Å². The van der Waals surface area contributed by atoms with Gasteiger partial charge in [0.15, 0.2) is 0 Å². The van der Waals surface area contributed by atoms with E-state index in [-0.39, 0.29) is 6.04 Å². The Kier molecular flexibility index (Phi) is 6.08. The molecule has 0 aliphatic rings. The fourth-order valence-electron chi connectivity index (χ4n) is 1.90. The van der Waals surface area contributed by atoms with Crippen molar-refractivity contribution in [3.8, 4) is 11.5 Å². The summed E-state index contributed by atoms with van der Waals surface area (Å²) in [6.07, 6.45) is 0.932. The van der Waals surface area contributed by atoms with Crippen LogP contribution in [0, 0.1) is 0 Å². The van der Waals surface area contributed by atoms with Crippen LogP contribution in [0.2, 0.25) is 0 Å². The molecule has 0 amide bonds. The second-order valence-electron chi connectivity index (χ2n) is 4.73. The van der Waals surface area contributed by atoms with E-state index in [2.05, 4.69) is 22.9 Å². The zero-order valence-electron chi connectivity index (χ0n) is 12.1. The Labute approximate surface area is 134 Å². The summed E-state index contributed by atoms with van der Waals surface area (Å²) in [7, 11) is 0. The van der Waals surface area contributed by atoms with E-state index in [4.69, 9.17) is 15.2 Å². The molecule has 0 radical (unpaired) electrons. The molecule has 0 heterocycles. The molecule has 0 aromatic heterocycles. The molecule has 4 heteroatoms. The second-order valence-corrected chi connectivity index (χ2v) is 5.65. The highest BCUT2D eigenvalue weighted by Crippen LogP contribution is 2.19. The van der Waals surface area contributed by atoms with E-state index in [1.807, 2.05) is 48.5 Å². The van der Waals surface area contributed by atoms with Crippen LogP contribution in [0.3, 0.4) is 0 Å². The Bertz CT molecular complexity index is 540. The molecule has 2 aromatic carbocycles. The molecule has 0 saturated heterocycles. The highest BCUT2D eigenvalue weighted by molar-refractivity contribution is 9.10. The van der Waals surface area contributed by atoms with E-state index in [9.17, 15) is 0 Å². The minimum absolute atomic E-state index is 0.0970. The van der Waals surface area contributed by atoms with Crippen LogP contribution in [0.5, 0.6) is 11.5 Å². The van der Waals surface area contributed by atoms with Crippen LogP contribution >= 0.6 is 15.9 Å². The van der Waals surface area contributed by atoms with Gasteiger partial charge in [-0.2, -0.15) is 0 Å². The van der Waals surface area contributed by atoms with Crippen LogP contribution in [0.15, 0.2) is 53.0 Å². The molecule has 0 aliphatic heterocycles. The summed E-state index contributed by atoms with van der Waals surface area (Å²) in [6.45, 7) is 3.10. The van der Waals surface area contributed by atoms with Gasteiger partial charge in [0.1, 0.15) is 24.7 Å².